The molecule has 0 fully saturated rings. The van der Waals surface area contributed by atoms with E-state index < -0.39 is 0 Å². The highest BCUT2D eigenvalue weighted by Gasteiger charge is 2.20. The van der Waals surface area contributed by atoms with Crippen molar-refractivity contribution in [2.45, 2.75) is 44.7 Å². The molecule has 2 atom stereocenters. The van der Waals surface area contributed by atoms with Gasteiger partial charge in [-0.1, -0.05) is 58.7 Å². The SMILES string of the molecule is C[C@@H](NC1CCCCc2ccccc21)c1cccc(Br)c1. The van der Waals surface area contributed by atoms with Crippen molar-refractivity contribution in [3.05, 3.63) is 69.7 Å². The maximum absolute atomic E-state index is 3.84. The van der Waals surface area contributed by atoms with Gasteiger partial charge in [0.2, 0.25) is 0 Å². The molecule has 0 aromatic heterocycles. The molecule has 0 heterocycles. The maximum Gasteiger partial charge on any atom is 0.0328 e. The van der Waals surface area contributed by atoms with E-state index in [1.807, 2.05) is 0 Å². The van der Waals surface area contributed by atoms with Gasteiger partial charge in [0.05, 0.1) is 0 Å². The van der Waals surface area contributed by atoms with Crippen molar-refractivity contribution in [3.63, 3.8) is 0 Å². The Balaban J connectivity index is 1.81. The van der Waals surface area contributed by atoms with E-state index in [0.29, 0.717) is 12.1 Å². The van der Waals surface area contributed by atoms with E-state index in [0.717, 1.165) is 4.47 Å². The number of hydrogen-bond donors (Lipinski definition) is 1. The molecule has 1 nitrogen and oxygen atoms in total. The minimum atomic E-state index is 0.360. The summed E-state index contributed by atoms with van der Waals surface area (Å²) in [5.74, 6) is 0. The summed E-state index contributed by atoms with van der Waals surface area (Å²) in [5.41, 5.74) is 4.36. The van der Waals surface area contributed by atoms with Crippen LogP contribution in [0.15, 0.2) is 53.0 Å². The zero-order chi connectivity index (χ0) is 14.7. The highest BCUT2D eigenvalue weighted by Crippen LogP contribution is 2.31. The summed E-state index contributed by atoms with van der Waals surface area (Å²) in [6.45, 7) is 2.26. The smallest absolute Gasteiger partial charge is 0.0328 e. The van der Waals surface area contributed by atoms with Crippen LogP contribution in [0.25, 0.3) is 0 Å². The van der Waals surface area contributed by atoms with Crippen LogP contribution in [0.1, 0.15) is 55.0 Å². The Kier molecular flexibility index (Phi) is 4.77. The molecule has 0 saturated heterocycles. The first-order valence-corrected chi connectivity index (χ1v) is 8.62. The van der Waals surface area contributed by atoms with Gasteiger partial charge >= 0.3 is 0 Å². The van der Waals surface area contributed by atoms with E-state index in [4.69, 9.17) is 0 Å². The molecule has 110 valence electrons. The molecule has 0 aliphatic heterocycles. The first-order valence-electron chi connectivity index (χ1n) is 7.83. The molecular formula is C19H22BrN. The monoisotopic (exact) mass is 343 g/mol. The van der Waals surface area contributed by atoms with Gasteiger partial charge in [0.15, 0.2) is 0 Å². The number of benzene rings is 2. The number of halogens is 1. The van der Waals surface area contributed by atoms with Crippen LogP contribution in [-0.4, -0.2) is 0 Å². The van der Waals surface area contributed by atoms with Crippen molar-refractivity contribution < 1.29 is 0 Å². The lowest BCUT2D eigenvalue weighted by atomic mass is 9.97. The van der Waals surface area contributed by atoms with E-state index in [1.54, 1.807) is 0 Å². The first-order chi connectivity index (χ1) is 10.2. The Morgan fingerprint density at radius 2 is 1.95 bits per heavy atom. The molecule has 0 amide bonds. The van der Waals surface area contributed by atoms with Crippen molar-refractivity contribution in [1.82, 2.24) is 5.32 Å². The Morgan fingerprint density at radius 3 is 2.81 bits per heavy atom. The van der Waals surface area contributed by atoms with Gasteiger partial charge in [0.1, 0.15) is 0 Å². The van der Waals surface area contributed by atoms with Gasteiger partial charge in [-0.15, -0.1) is 0 Å². The van der Waals surface area contributed by atoms with Crippen LogP contribution in [-0.2, 0) is 6.42 Å². The minimum absolute atomic E-state index is 0.360. The second-order valence-electron chi connectivity index (χ2n) is 5.94. The second-order valence-corrected chi connectivity index (χ2v) is 6.86. The molecule has 1 aliphatic rings. The molecule has 0 spiro atoms. The number of aryl methyl sites for hydroxylation is 1. The quantitative estimate of drug-likeness (QED) is 0.718. The third-order valence-corrected chi connectivity index (χ3v) is 4.91. The van der Waals surface area contributed by atoms with Crippen LogP contribution in [0.5, 0.6) is 0 Å². The summed E-state index contributed by atoms with van der Waals surface area (Å²) in [6.07, 6.45) is 5.06. The first kappa shape index (κ1) is 14.8. The molecule has 0 bridgehead atoms. The summed E-state index contributed by atoms with van der Waals surface area (Å²) in [7, 11) is 0. The van der Waals surface area contributed by atoms with Crippen molar-refractivity contribution >= 4 is 15.9 Å². The fourth-order valence-corrected chi connectivity index (χ4v) is 3.69. The van der Waals surface area contributed by atoms with E-state index in [1.165, 1.54) is 42.4 Å². The lowest BCUT2D eigenvalue weighted by Crippen LogP contribution is -2.25. The van der Waals surface area contributed by atoms with Crippen LogP contribution in [0.3, 0.4) is 0 Å². The number of hydrogen-bond acceptors (Lipinski definition) is 1. The number of fused-ring (bicyclic) bond motifs is 1. The molecule has 21 heavy (non-hydrogen) atoms. The molecular weight excluding hydrogens is 322 g/mol. The summed E-state index contributed by atoms with van der Waals surface area (Å²) in [6, 6.07) is 18.4. The molecule has 0 saturated carbocycles. The molecule has 1 N–H and O–H groups in total. The predicted molar refractivity (Wildman–Crippen MR) is 92.4 cm³/mol. The third kappa shape index (κ3) is 3.56. The topological polar surface area (TPSA) is 12.0 Å². The molecule has 1 aliphatic carbocycles. The molecule has 2 aromatic rings. The van der Waals surface area contributed by atoms with Crippen LogP contribution < -0.4 is 5.32 Å². The number of rotatable bonds is 3. The largest absolute Gasteiger partial charge is 0.303 e. The lowest BCUT2D eigenvalue weighted by Gasteiger charge is -2.24. The average Bonchev–Trinajstić information content (AvgIpc) is 2.70. The highest BCUT2D eigenvalue weighted by molar-refractivity contribution is 9.10. The Morgan fingerprint density at radius 1 is 1.10 bits per heavy atom. The summed E-state index contributed by atoms with van der Waals surface area (Å²) < 4.78 is 1.15. The maximum atomic E-state index is 3.84. The zero-order valence-corrected chi connectivity index (χ0v) is 14.1. The summed E-state index contributed by atoms with van der Waals surface area (Å²) in [4.78, 5) is 0. The van der Waals surface area contributed by atoms with Gasteiger partial charge < -0.3 is 5.32 Å². The summed E-state index contributed by atoms with van der Waals surface area (Å²) >= 11 is 3.57. The van der Waals surface area contributed by atoms with E-state index in [9.17, 15) is 0 Å². The molecule has 1 unspecified atom stereocenters. The standard InChI is InChI=1S/C19H22BrN/c1-14(16-9-6-10-17(20)13-16)21-19-12-5-3-8-15-7-2-4-11-18(15)19/h2,4,6-7,9-11,13-14,19,21H,3,5,8,12H2,1H3/t14-,19?/m1/s1. The van der Waals surface area contributed by atoms with Gasteiger partial charge in [0.25, 0.3) is 0 Å². The van der Waals surface area contributed by atoms with E-state index in [2.05, 4.69) is 76.7 Å². The van der Waals surface area contributed by atoms with E-state index in [-0.39, 0.29) is 0 Å². The molecule has 2 aromatic carbocycles. The Hall–Kier alpha value is -1.12. The zero-order valence-electron chi connectivity index (χ0n) is 12.5. The number of nitrogens with one attached hydrogen (secondary N) is 1. The fraction of sp³-hybridized carbons (Fsp3) is 0.368. The van der Waals surface area contributed by atoms with Gasteiger partial charge in [-0.25, -0.2) is 0 Å². The normalized spacial score (nSPS) is 19.6. The van der Waals surface area contributed by atoms with Crippen molar-refractivity contribution in [1.29, 1.82) is 0 Å². The average molecular weight is 344 g/mol. The van der Waals surface area contributed by atoms with Crippen LogP contribution in [0.4, 0.5) is 0 Å². The Bertz CT molecular complexity index is 608. The molecule has 0 radical (unpaired) electrons. The van der Waals surface area contributed by atoms with Crippen molar-refractivity contribution in [2.75, 3.05) is 0 Å². The van der Waals surface area contributed by atoms with Gasteiger partial charge in [-0.05, 0) is 55.0 Å². The lowest BCUT2D eigenvalue weighted by molar-refractivity contribution is 0.437. The second kappa shape index (κ2) is 6.76. The van der Waals surface area contributed by atoms with Crippen molar-refractivity contribution in [2.24, 2.45) is 0 Å². The van der Waals surface area contributed by atoms with Crippen LogP contribution in [0, 0.1) is 0 Å². The van der Waals surface area contributed by atoms with Crippen molar-refractivity contribution in [3.8, 4) is 0 Å². The molecule has 2 heteroatoms. The Labute approximate surface area is 135 Å². The van der Waals surface area contributed by atoms with Crippen LogP contribution in [0.2, 0.25) is 0 Å². The van der Waals surface area contributed by atoms with E-state index >= 15 is 0 Å². The predicted octanol–water partition coefficient (Wildman–Crippen LogP) is 5.57. The minimum Gasteiger partial charge on any atom is -0.303 e. The molecule has 3 rings (SSSR count). The van der Waals surface area contributed by atoms with Gasteiger partial charge in [-0.3, -0.25) is 0 Å². The fourth-order valence-electron chi connectivity index (χ4n) is 3.27. The summed E-state index contributed by atoms with van der Waals surface area (Å²) in [5, 5.41) is 3.84. The third-order valence-electron chi connectivity index (χ3n) is 4.42. The van der Waals surface area contributed by atoms with Crippen LogP contribution >= 0.6 is 15.9 Å². The van der Waals surface area contributed by atoms with Gasteiger partial charge in [0, 0.05) is 16.6 Å². The highest BCUT2D eigenvalue weighted by atomic mass is 79.9. The van der Waals surface area contributed by atoms with Gasteiger partial charge in [-0.2, -0.15) is 0 Å².